The van der Waals surface area contributed by atoms with Crippen LogP contribution >= 0.6 is 0 Å². The van der Waals surface area contributed by atoms with Crippen LogP contribution in [0.5, 0.6) is 11.5 Å². The maximum Gasteiger partial charge on any atom is 0.242 e. The molecule has 5 nitrogen and oxygen atoms in total. The van der Waals surface area contributed by atoms with Crippen LogP contribution in [0.25, 0.3) is 0 Å². The van der Waals surface area contributed by atoms with E-state index in [0.29, 0.717) is 13.1 Å². The van der Waals surface area contributed by atoms with E-state index >= 15 is 0 Å². The second-order valence-electron chi connectivity index (χ2n) is 6.22. The number of carbonyl (C=O) groups excluding carboxylic acids is 1. The van der Waals surface area contributed by atoms with Crippen LogP contribution in [0.3, 0.4) is 0 Å². The molecule has 1 aliphatic carbocycles. The molecule has 0 bridgehead atoms. The third-order valence-corrected chi connectivity index (χ3v) is 4.65. The van der Waals surface area contributed by atoms with Gasteiger partial charge in [-0.15, -0.1) is 0 Å². The van der Waals surface area contributed by atoms with Crippen LogP contribution in [0, 0.1) is 0 Å². The summed E-state index contributed by atoms with van der Waals surface area (Å²) in [5, 5.41) is 0. The Morgan fingerprint density at radius 2 is 1.95 bits per heavy atom. The first-order valence-electron chi connectivity index (χ1n) is 8.09. The number of amides is 1. The topological polar surface area (TPSA) is 64.8 Å². The number of hydrogen-bond acceptors (Lipinski definition) is 4. The fraction of sp³-hybridized carbons (Fsp3) is 0.588. The molecule has 0 unspecified atom stereocenters. The summed E-state index contributed by atoms with van der Waals surface area (Å²) in [6, 6.07) is 5.82. The minimum Gasteiger partial charge on any atom is -0.454 e. The largest absolute Gasteiger partial charge is 0.454 e. The summed E-state index contributed by atoms with van der Waals surface area (Å²) in [7, 11) is 0. The fourth-order valence-corrected chi connectivity index (χ4v) is 3.30. The predicted octanol–water partition coefficient (Wildman–Crippen LogP) is 2.43. The van der Waals surface area contributed by atoms with Crippen molar-refractivity contribution in [2.24, 2.45) is 5.73 Å². The summed E-state index contributed by atoms with van der Waals surface area (Å²) >= 11 is 0. The number of likely N-dealkylation sites (N-methyl/N-ethyl adjacent to an activating group) is 1. The first kappa shape index (κ1) is 15.2. The van der Waals surface area contributed by atoms with E-state index in [4.69, 9.17) is 15.2 Å². The lowest BCUT2D eigenvalue weighted by molar-refractivity contribution is -0.138. The molecule has 120 valence electrons. The zero-order chi connectivity index (χ0) is 15.6. The van der Waals surface area contributed by atoms with E-state index in [9.17, 15) is 4.79 Å². The van der Waals surface area contributed by atoms with E-state index in [2.05, 4.69) is 0 Å². The van der Waals surface area contributed by atoms with Crippen LogP contribution < -0.4 is 15.2 Å². The first-order valence-corrected chi connectivity index (χ1v) is 8.09. The van der Waals surface area contributed by atoms with Crippen molar-refractivity contribution >= 4 is 5.91 Å². The molecule has 2 N–H and O–H groups in total. The molecular weight excluding hydrogens is 280 g/mol. The van der Waals surface area contributed by atoms with Gasteiger partial charge in [0.05, 0.1) is 5.54 Å². The average molecular weight is 304 g/mol. The Bertz CT molecular complexity index is 553. The van der Waals surface area contributed by atoms with Crippen molar-refractivity contribution in [2.75, 3.05) is 13.3 Å². The standard InChI is InChI=1S/C17H24N2O3/c1-2-19(16(20)17(18)8-4-3-5-9-17)11-13-6-7-14-15(10-13)22-12-21-14/h6-7,10H,2-5,8-9,11-12,18H2,1H3. The molecule has 0 radical (unpaired) electrons. The van der Waals surface area contributed by atoms with Crippen LogP contribution in [0.4, 0.5) is 0 Å². The van der Waals surface area contributed by atoms with Crippen molar-refractivity contribution in [3.8, 4) is 11.5 Å². The smallest absolute Gasteiger partial charge is 0.242 e. The maximum absolute atomic E-state index is 12.8. The van der Waals surface area contributed by atoms with Crippen LogP contribution in [0.15, 0.2) is 18.2 Å². The molecule has 3 rings (SSSR count). The minimum atomic E-state index is -0.676. The quantitative estimate of drug-likeness (QED) is 0.928. The number of benzene rings is 1. The van der Waals surface area contributed by atoms with E-state index in [-0.39, 0.29) is 12.7 Å². The van der Waals surface area contributed by atoms with Gasteiger partial charge in [0.1, 0.15) is 0 Å². The first-order chi connectivity index (χ1) is 10.6. The molecular formula is C17H24N2O3. The molecule has 2 aliphatic rings. The van der Waals surface area contributed by atoms with Gasteiger partial charge in [-0.25, -0.2) is 0 Å². The third-order valence-electron chi connectivity index (χ3n) is 4.65. The Kier molecular flexibility index (Phi) is 4.25. The van der Waals surface area contributed by atoms with Crippen molar-refractivity contribution in [1.29, 1.82) is 0 Å². The molecule has 0 atom stereocenters. The molecule has 1 fully saturated rings. The van der Waals surface area contributed by atoms with E-state index in [0.717, 1.165) is 42.7 Å². The van der Waals surface area contributed by atoms with E-state index < -0.39 is 5.54 Å². The summed E-state index contributed by atoms with van der Waals surface area (Å²) in [5.41, 5.74) is 6.75. The van der Waals surface area contributed by atoms with Crippen LogP contribution in [0.2, 0.25) is 0 Å². The molecule has 1 saturated carbocycles. The number of hydrogen-bond donors (Lipinski definition) is 1. The van der Waals surface area contributed by atoms with E-state index in [1.165, 1.54) is 6.42 Å². The van der Waals surface area contributed by atoms with Gasteiger partial charge in [0, 0.05) is 13.1 Å². The Morgan fingerprint density at radius 1 is 1.23 bits per heavy atom. The van der Waals surface area contributed by atoms with Gasteiger partial charge >= 0.3 is 0 Å². The SMILES string of the molecule is CCN(Cc1ccc2c(c1)OCO2)C(=O)C1(N)CCCCC1. The highest BCUT2D eigenvalue weighted by Crippen LogP contribution is 2.33. The van der Waals surface area contributed by atoms with E-state index in [1.54, 1.807) is 0 Å². The highest BCUT2D eigenvalue weighted by molar-refractivity contribution is 5.86. The van der Waals surface area contributed by atoms with Crippen molar-refractivity contribution in [1.82, 2.24) is 4.90 Å². The fourth-order valence-electron chi connectivity index (χ4n) is 3.30. The number of ether oxygens (including phenoxy) is 2. The normalized spacial score (nSPS) is 19.0. The summed E-state index contributed by atoms with van der Waals surface area (Å²) in [6.07, 6.45) is 4.86. The Labute approximate surface area is 131 Å². The molecule has 0 aromatic heterocycles. The Morgan fingerprint density at radius 3 is 2.68 bits per heavy atom. The van der Waals surface area contributed by atoms with Crippen LogP contribution in [-0.2, 0) is 11.3 Å². The molecule has 1 aromatic rings. The highest BCUT2D eigenvalue weighted by Gasteiger charge is 2.37. The van der Waals surface area contributed by atoms with Gasteiger partial charge in [-0.1, -0.05) is 25.3 Å². The predicted molar refractivity (Wildman–Crippen MR) is 83.7 cm³/mol. The van der Waals surface area contributed by atoms with Gasteiger partial charge in [-0.2, -0.15) is 0 Å². The van der Waals surface area contributed by atoms with Crippen LogP contribution in [-0.4, -0.2) is 29.7 Å². The van der Waals surface area contributed by atoms with Gasteiger partial charge in [-0.3, -0.25) is 4.79 Å². The monoisotopic (exact) mass is 304 g/mol. The molecule has 1 aliphatic heterocycles. The molecule has 0 spiro atoms. The van der Waals surface area contributed by atoms with Gasteiger partial charge in [0.25, 0.3) is 0 Å². The lowest BCUT2D eigenvalue weighted by Gasteiger charge is -2.36. The van der Waals surface area contributed by atoms with Crippen molar-refractivity contribution < 1.29 is 14.3 Å². The Balaban J connectivity index is 1.72. The zero-order valence-electron chi connectivity index (χ0n) is 13.1. The summed E-state index contributed by atoms with van der Waals surface area (Å²) in [6.45, 7) is 3.48. The average Bonchev–Trinajstić information content (AvgIpc) is 3.00. The summed E-state index contributed by atoms with van der Waals surface area (Å²) < 4.78 is 10.7. The zero-order valence-corrected chi connectivity index (χ0v) is 13.1. The summed E-state index contributed by atoms with van der Waals surface area (Å²) in [4.78, 5) is 14.7. The molecule has 1 aromatic carbocycles. The second kappa shape index (κ2) is 6.16. The Hall–Kier alpha value is -1.75. The molecule has 22 heavy (non-hydrogen) atoms. The number of rotatable bonds is 4. The van der Waals surface area contributed by atoms with Gasteiger partial charge in [-0.05, 0) is 37.5 Å². The molecule has 5 heteroatoms. The van der Waals surface area contributed by atoms with Gasteiger partial charge < -0.3 is 20.1 Å². The van der Waals surface area contributed by atoms with Gasteiger partial charge in [0.15, 0.2) is 11.5 Å². The highest BCUT2D eigenvalue weighted by atomic mass is 16.7. The summed E-state index contributed by atoms with van der Waals surface area (Å²) in [5.74, 6) is 1.59. The van der Waals surface area contributed by atoms with Crippen molar-refractivity contribution in [3.63, 3.8) is 0 Å². The number of fused-ring (bicyclic) bond motifs is 1. The number of nitrogens with two attached hydrogens (primary N) is 1. The number of carbonyl (C=O) groups is 1. The van der Waals surface area contributed by atoms with Crippen LogP contribution in [0.1, 0.15) is 44.6 Å². The maximum atomic E-state index is 12.8. The number of nitrogens with zero attached hydrogens (tertiary/aromatic N) is 1. The van der Waals surface area contributed by atoms with Gasteiger partial charge in [0.2, 0.25) is 12.7 Å². The third kappa shape index (κ3) is 2.90. The lowest BCUT2D eigenvalue weighted by atomic mass is 9.81. The second-order valence-corrected chi connectivity index (χ2v) is 6.22. The molecule has 0 saturated heterocycles. The minimum absolute atomic E-state index is 0.0763. The molecule has 1 amide bonds. The van der Waals surface area contributed by atoms with E-state index in [1.807, 2.05) is 30.0 Å². The lowest BCUT2D eigenvalue weighted by Crippen LogP contribution is -2.56. The molecule has 1 heterocycles. The van der Waals surface area contributed by atoms with Crippen molar-refractivity contribution in [2.45, 2.75) is 51.1 Å². The van der Waals surface area contributed by atoms with Crippen molar-refractivity contribution in [3.05, 3.63) is 23.8 Å².